The molecule has 0 aliphatic heterocycles. The van der Waals surface area contributed by atoms with Gasteiger partial charge in [0.2, 0.25) is 5.89 Å². The number of aryl methyl sites for hydroxylation is 1. The standard InChI is InChI=1S/C22H26N4O3/c1-14(2)19(21-23-15(3)26-29-21)24-22(27)25-20(16-8-6-5-7-9-16)17-10-12-18(28-4)13-11-17/h5-14,19-20H,1-4H3,(H2,24,25,27). The number of benzene rings is 2. The first kappa shape index (κ1) is 20.4. The molecule has 152 valence electrons. The van der Waals surface area contributed by atoms with Crippen molar-refractivity contribution < 1.29 is 14.1 Å². The third-order valence-corrected chi connectivity index (χ3v) is 4.62. The molecule has 0 aliphatic rings. The molecule has 0 saturated heterocycles. The minimum atomic E-state index is -0.386. The van der Waals surface area contributed by atoms with Crippen LogP contribution in [0.4, 0.5) is 4.79 Å². The number of ether oxygens (including phenoxy) is 1. The van der Waals surface area contributed by atoms with Gasteiger partial charge in [0.1, 0.15) is 11.8 Å². The Bertz CT molecular complexity index is 923. The molecule has 0 bridgehead atoms. The fraction of sp³-hybridized carbons (Fsp3) is 0.318. The molecule has 1 aromatic heterocycles. The van der Waals surface area contributed by atoms with Crippen molar-refractivity contribution in [3.63, 3.8) is 0 Å². The molecule has 2 amide bonds. The highest BCUT2D eigenvalue weighted by Gasteiger charge is 2.25. The molecule has 0 spiro atoms. The highest BCUT2D eigenvalue weighted by atomic mass is 16.5. The first-order valence-corrected chi connectivity index (χ1v) is 9.54. The van der Waals surface area contributed by atoms with Gasteiger partial charge in [0.15, 0.2) is 5.82 Å². The van der Waals surface area contributed by atoms with E-state index in [-0.39, 0.29) is 24.0 Å². The van der Waals surface area contributed by atoms with Crippen LogP contribution >= 0.6 is 0 Å². The molecule has 2 atom stereocenters. The molecule has 7 nitrogen and oxygen atoms in total. The minimum Gasteiger partial charge on any atom is -0.497 e. The van der Waals surface area contributed by atoms with Crippen molar-refractivity contribution in [2.24, 2.45) is 5.92 Å². The summed E-state index contributed by atoms with van der Waals surface area (Å²) in [5.41, 5.74) is 1.92. The van der Waals surface area contributed by atoms with Crippen molar-refractivity contribution in [3.8, 4) is 5.75 Å². The Kier molecular flexibility index (Phi) is 6.49. The number of aromatic nitrogens is 2. The zero-order valence-electron chi connectivity index (χ0n) is 17.0. The zero-order chi connectivity index (χ0) is 20.8. The summed E-state index contributed by atoms with van der Waals surface area (Å²) in [7, 11) is 1.63. The lowest BCUT2D eigenvalue weighted by Gasteiger charge is -2.23. The molecule has 0 aliphatic carbocycles. The van der Waals surface area contributed by atoms with Crippen molar-refractivity contribution >= 4 is 6.03 Å². The van der Waals surface area contributed by atoms with Gasteiger partial charge in [-0.15, -0.1) is 0 Å². The molecule has 7 heteroatoms. The van der Waals surface area contributed by atoms with Crippen LogP contribution in [-0.4, -0.2) is 23.3 Å². The summed E-state index contributed by atoms with van der Waals surface area (Å²) in [6, 6.07) is 16.4. The summed E-state index contributed by atoms with van der Waals surface area (Å²) in [5, 5.41) is 9.87. The van der Waals surface area contributed by atoms with Gasteiger partial charge in [-0.3, -0.25) is 0 Å². The summed E-state index contributed by atoms with van der Waals surface area (Å²) >= 11 is 0. The fourth-order valence-electron chi connectivity index (χ4n) is 3.07. The number of nitrogens with zero attached hydrogens (tertiary/aromatic N) is 2. The Labute approximate surface area is 170 Å². The van der Waals surface area contributed by atoms with Crippen molar-refractivity contribution in [2.45, 2.75) is 32.9 Å². The van der Waals surface area contributed by atoms with E-state index in [9.17, 15) is 4.79 Å². The van der Waals surface area contributed by atoms with Crippen LogP contribution in [0.15, 0.2) is 59.1 Å². The quantitative estimate of drug-likeness (QED) is 0.628. The van der Waals surface area contributed by atoms with E-state index in [0.717, 1.165) is 16.9 Å². The number of methoxy groups -OCH3 is 1. The second kappa shape index (κ2) is 9.23. The van der Waals surface area contributed by atoms with Gasteiger partial charge in [-0.2, -0.15) is 4.98 Å². The number of rotatable bonds is 7. The van der Waals surface area contributed by atoms with Crippen LogP contribution in [0.1, 0.15) is 48.8 Å². The third kappa shape index (κ3) is 5.13. The molecular weight excluding hydrogens is 368 g/mol. The smallest absolute Gasteiger partial charge is 0.316 e. The molecule has 3 rings (SSSR count). The molecule has 0 radical (unpaired) electrons. The van der Waals surface area contributed by atoms with Gasteiger partial charge in [-0.1, -0.05) is 61.5 Å². The average Bonchev–Trinajstić information content (AvgIpc) is 3.16. The van der Waals surface area contributed by atoms with E-state index >= 15 is 0 Å². The van der Waals surface area contributed by atoms with E-state index in [0.29, 0.717) is 11.7 Å². The number of nitrogens with one attached hydrogen (secondary N) is 2. The summed E-state index contributed by atoms with van der Waals surface area (Å²) in [5.74, 6) is 1.77. The first-order valence-electron chi connectivity index (χ1n) is 9.54. The first-order chi connectivity index (χ1) is 14.0. The van der Waals surface area contributed by atoms with E-state index in [1.165, 1.54) is 0 Å². The van der Waals surface area contributed by atoms with Crippen LogP contribution < -0.4 is 15.4 Å². The second-order valence-corrected chi connectivity index (χ2v) is 7.14. The van der Waals surface area contributed by atoms with E-state index < -0.39 is 0 Å². The van der Waals surface area contributed by atoms with Crippen LogP contribution in [-0.2, 0) is 0 Å². The Hall–Kier alpha value is -3.35. The normalized spacial score (nSPS) is 13.0. The van der Waals surface area contributed by atoms with E-state index in [1.54, 1.807) is 14.0 Å². The number of hydrogen-bond donors (Lipinski definition) is 2. The number of carbonyl (C=O) groups is 1. The average molecular weight is 394 g/mol. The highest BCUT2D eigenvalue weighted by Crippen LogP contribution is 2.25. The molecule has 2 unspecified atom stereocenters. The number of amides is 2. The van der Waals surface area contributed by atoms with Crippen LogP contribution in [0, 0.1) is 12.8 Å². The molecule has 0 saturated carbocycles. The minimum absolute atomic E-state index is 0.0803. The van der Waals surface area contributed by atoms with Crippen LogP contribution in [0.3, 0.4) is 0 Å². The van der Waals surface area contributed by atoms with E-state index in [1.807, 2.05) is 68.4 Å². The number of carbonyl (C=O) groups excluding carboxylic acids is 1. The maximum Gasteiger partial charge on any atom is 0.316 e. The molecular formula is C22H26N4O3. The SMILES string of the molecule is COc1ccc(C(NC(=O)NC(c2nc(C)no2)C(C)C)c2ccccc2)cc1. The Morgan fingerprint density at radius 2 is 1.66 bits per heavy atom. The predicted molar refractivity (Wildman–Crippen MR) is 110 cm³/mol. The molecule has 2 N–H and O–H groups in total. The van der Waals surface area contributed by atoms with Crippen LogP contribution in [0.2, 0.25) is 0 Å². The van der Waals surface area contributed by atoms with Gasteiger partial charge in [0.25, 0.3) is 0 Å². The Morgan fingerprint density at radius 3 is 2.21 bits per heavy atom. The Morgan fingerprint density at radius 1 is 1.00 bits per heavy atom. The molecule has 2 aromatic carbocycles. The number of urea groups is 1. The lowest BCUT2D eigenvalue weighted by atomic mass is 9.98. The maximum atomic E-state index is 12.9. The summed E-state index contributed by atoms with van der Waals surface area (Å²) in [6.45, 7) is 5.73. The third-order valence-electron chi connectivity index (χ3n) is 4.62. The summed E-state index contributed by atoms with van der Waals surface area (Å²) in [4.78, 5) is 17.1. The predicted octanol–water partition coefficient (Wildman–Crippen LogP) is 4.17. The van der Waals surface area contributed by atoms with Crippen LogP contribution in [0.25, 0.3) is 0 Å². The van der Waals surface area contributed by atoms with Gasteiger partial charge in [0, 0.05) is 0 Å². The summed E-state index contributed by atoms with van der Waals surface area (Å²) < 4.78 is 10.5. The van der Waals surface area contributed by atoms with E-state index in [2.05, 4.69) is 20.8 Å². The monoisotopic (exact) mass is 394 g/mol. The van der Waals surface area contributed by atoms with Gasteiger partial charge < -0.3 is 19.9 Å². The molecule has 3 aromatic rings. The number of hydrogen-bond acceptors (Lipinski definition) is 5. The largest absolute Gasteiger partial charge is 0.497 e. The lowest BCUT2D eigenvalue weighted by Crippen LogP contribution is -2.41. The zero-order valence-corrected chi connectivity index (χ0v) is 17.0. The Balaban J connectivity index is 1.82. The molecule has 29 heavy (non-hydrogen) atoms. The summed E-state index contributed by atoms with van der Waals surface area (Å²) in [6.07, 6.45) is 0. The van der Waals surface area contributed by atoms with E-state index in [4.69, 9.17) is 9.26 Å². The second-order valence-electron chi connectivity index (χ2n) is 7.14. The van der Waals surface area contributed by atoms with Crippen molar-refractivity contribution in [1.82, 2.24) is 20.8 Å². The molecule has 1 heterocycles. The molecule has 0 fully saturated rings. The van der Waals surface area contributed by atoms with Crippen LogP contribution in [0.5, 0.6) is 5.75 Å². The van der Waals surface area contributed by atoms with Crippen molar-refractivity contribution in [2.75, 3.05) is 7.11 Å². The van der Waals surface area contributed by atoms with Gasteiger partial charge in [0.05, 0.1) is 13.2 Å². The topological polar surface area (TPSA) is 89.3 Å². The van der Waals surface area contributed by atoms with Gasteiger partial charge >= 0.3 is 6.03 Å². The lowest BCUT2D eigenvalue weighted by molar-refractivity contribution is 0.223. The highest BCUT2D eigenvalue weighted by molar-refractivity contribution is 5.75. The van der Waals surface area contributed by atoms with Gasteiger partial charge in [-0.05, 0) is 36.1 Å². The van der Waals surface area contributed by atoms with Crippen molar-refractivity contribution in [3.05, 3.63) is 77.4 Å². The maximum absolute atomic E-state index is 12.9. The van der Waals surface area contributed by atoms with Crippen molar-refractivity contribution in [1.29, 1.82) is 0 Å². The van der Waals surface area contributed by atoms with Gasteiger partial charge in [-0.25, -0.2) is 4.79 Å². The fourth-order valence-corrected chi connectivity index (χ4v) is 3.07.